The highest BCUT2D eigenvalue weighted by Gasteiger charge is 2.34. The van der Waals surface area contributed by atoms with Crippen LogP contribution in [0.15, 0.2) is 84.1 Å². The maximum atomic E-state index is 13.4. The van der Waals surface area contributed by atoms with Gasteiger partial charge in [0, 0.05) is 22.7 Å². The summed E-state index contributed by atoms with van der Waals surface area (Å²) < 4.78 is 8.10. The lowest BCUT2D eigenvalue weighted by Crippen LogP contribution is -2.36. The van der Waals surface area contributed by atoms with Crippen molar-refractivity contribution < 1.29 is 14.3 Å². The van der Waals surface area contributed by atoms with Crippen LogP contribution in [-0.4, -0.2) is 43.5 Å². The van der Waals surface area contributed by atoms with Gasteiger partial charge in [-0.25, -0.2) is 4.79 Å². The highest BCUT2D eigenvalue weighted by molar-refractivity contribution is 7.99. The molecule has 0 saturated heterocycles. The molecular weight excluding hydrogens is 582 g/mol. The summed E-state index contributed by atoms with van der Waals surface area (Å²) in [4.78, 5) is 30.0. The number of fused-ring (bicyclic) bond motifs is 1. The lowest BCUT2D eigenvalue weighted by atomic mass is 9.75. The number of esters is 1. The van der Waals surface area contributed by atoms with Crippen LogP contribution in [0.4, 0.5) is 5.69 Å². The molecule has 8 nitrogen and oxygen atoms in total. The number of thioether (sulfide) groups is 1. The zero-order chi connectivity index (χ0) is 31.5. The van der Waals surface area contributed by atoms with Crippen molar-refractivity contribution in [3.8, 4) is 17.1 Å². The molecule has 9 heteroatoms. The highest BCUT2D eigenvalue weighted by Crippen LogP contribution is 2.37. The normalized spacial score (nSPS) is 18.3. The third kappa shape index (κ3) is 6.54. The fourth-order valence-corrected chi connectivity index (χ4v) is 7.11. The maximum absolute atomic E-state index is 13.4. The van der Waals surface area contributed by atoms with E-state index in [0.29, 0.717) is 40.0 Å². The van der Waals surface area contributed by atoms with Crippen molar-refractivity contribution in [1.29, 1.82) is 0 Å². The summed E-state index contributed by atoms with van der Waals surface area (Å²) in [6, 6.07) is 23.2. The number of aromatic nitrogens is 4. The first-order chi connectivity index (χ1) is 21.8. The van der Waals surface area contributed by atoms with Gasteiger partial charge in [0.05, 0.1) is 22.7 Å². The second-order valence-electron chi connectivity index (χ2n) is 12.3. The van der Waals surface area contributed by atoms with Gasteiger partial charge in [0.15, 0.2) is 11.0 Å². The summed E-state index contributed by atoms with van der Waals surface area (Å²) in [6.45, 7) is 8.64. The zero-order valence-electron chi connectivity index (χ0n) is 26.1. The Labute approximate surface area is 268 Å². The van der Waals surface area contributed by atoms with Crippen molar-refractivity contribution in [2.75, 3.05) is 11.1 Å². The third-order valence-electron chi connectivity index (χ3n) is 8.79. The summed E-state index contributed by atoms with van der Waals surface area (Å²) in [5.74, 6) is 1.41. The van der Waals surface area contributed by atoms with Crippen LogP contribution in [0.3, 0.4) is 0 Å². The van der Waals surface area contributed by atoms with Gasteiger partial charge in [-0.15, -0.1) is 10.2 Å². The number of nitrogens with zero attached hydrogens (tertiary/aromatic N) is 3. The molecule has 1 aliphatic rings. The quantitative estimate of drug-likeness (QED) is 0.127. The van der Waals surface area contributed by atoms with Crippen LogP contribution >= 0.6 is 11.8 Å². The molecule has 0 unspecified atom stereocenters. The second kappa shape index (κ2) is 13.3. The van der Waals surface area contributed by atoms with Crippen molar-refractivity contribution in [2.45, 2.75) is 58.2 Å². The Morgan fingerprint density at radius 3 is 2.60 bits per heavy atom. The van der Waals surface area contributed by atoms with E-state index in [9.17, 15) is 9.59 Å². The van der Waals surface area contributed by atoms with Crippen LogP contribution in [0.2, 0.25) is 0 Å². The predicted octanol–water partition coefficient (Wildman–Crippen LogP) is 8.07. The summed E-state index contributed by atoms with van der Waals surface area (Å²) in [7, 11) is 0. The van der Waals surface area contributed by atoms with Crippen LogP contribution in [0.1, 0.15) is 56.0 Å². The predicted molar refractivity (Wildman–Crippen MR) is 180 cm³/mol. The second-order valence-corrected chi connectivity index (χ2v) is 13.3. The molecule has 1 saturated carbocycles. The van der Waals surface area contributed by atoms with Gasteiger partial charge in [-0.05, 0) is 67.3 Å². The molecule has 2 N–H and O–H groups in total. The van der Waals surface area contributed by atoms with Crippen molar-refractivity contribution >= 4 is 40.2 Å². The molecule has 0 spiro atoms. The number of para-hydroxylation sites is 3. The average Bonchev–Trinajstić information content (AvgIpc) is 3.64. The van der Waals surface area contributed by atoms with E-state index in [1.807, 2.05) is 60.2 Å². The Morgan fingerprint density at radius 2 is 1.78 bits per heavy atom. The van der Waals surface area contributed by atoms with Crippen LogP contribution < -0.4 is 5.32 Å². The van der Waals surface area contributed by atoms with Crippen LogP contribution in [0.25, 0.3) is 28.0 Å². The van der Waals surface area contributed by atoms with E-state index in [0.717, 1.165) is 47.0 Å². The van der Waals surface area contributed by atoms with Crippen molar-refractivity contribution in [3.63, 3.8) is 0 Å². The highest BCUT2D eigenvalue weighted by atomic mass is 32.2. The molecule has 3 aromatic carbocycles. The SMILES string of the molecule is Cc1ccccc1-n1c(SCC(=O)Nc2ccccc2C(=O)O[C@@H]2C[C@@H](C)CC[C@H]2C(C)C)nnc1-c1c[nH]c2ccccc12. The number of amides is 1. The van der Waals surface area contributed by atoms with E-state index < -0.39 is 5.97 Å². The minimum atomic E-state index is -0.397. The number of anilines is 1. The average molecular weight is 622 g/mol. The van der Waals surface area contributed by atoms with Gasteiger partial charge in [-0.2, -0.15) is 0 Å². The Hall–Kier alpha value is -4.37. The van der Waals surface area contributed by atoms with Gasteiger partial charge in [0.2, 0.25) is 5.91 Å². The Balaban J connectivity index is 1.21. The van der Waals surface area contributed by atoms with E-state index in [-0.39, 0.29) is 17.8 Å². The number of hydrogen-bond acceptors (Lipinski definition) is 6. The van der Waals surface area contributed by atoms with Crippen molar-refractivity contribution in [1.82, 2.24) is 19.7 Å². The number of rotatable bonds is 9. The minimum Gasteiger partial charge on any atom is -0.458 e. The summed E-state index contributed by atoms with van der Waals surface area (Å²) in [5, 5.41) is 13.7. The molecule has 1 fully saturated rings. The van der Waals surface area contributed by atoms with Crippen molar-refractivity contribution in [2.24, 2.45) is 17.8 Å². The molecule has 1 amide bonds. The zero-order valence-corrected chi connectivity index (χ0v) is 26.9. The fourth-order valence-electron chi connectivity index (χ4n) is 6.36. The Kier molecular flexibility index (Phi) is 9.07. The van der Waals surface area contributed by atoms with E-state index in [2.05, 4.69) is 47.3 Å². The molecule has 0 aliphatic heterocycles. The largest absolute Gasteiger partial charge is 0.458 e. The first kappa shape index (κ1) is 30.6. The van der Waals surface area contributed by atoms with Gasteiger partial charge in [0.1, 0.15) is 6.10 Å². The number of ether oxygens (including phenoxy) is 1. The number of carbonyl (C=O) groups excluding carboxylic acids is 2. The van der Waals surface area contributed by atoms with E-state index in [1.54, 1.807) is 24.3 Å². The first-order valence-electron chi connectivity index (χ1n) is 15.6. The van der Waals surface area contributed by atoms with Gasteiger partial charge in [-0.1, -0.05) is 87.5 Å². The van der Waals surface area contributed by atoms with Gasteiger partial charge in [0.25, 0.3) is 0 Å². The molecule has 5 aromatic rings. The molecular formula is C36H39N5O3S. The third-order valence-corrected chi connectivity index (χ3v) is 9.72. The molecule has 3 atom stereocenters. The number of H-pyrrole nitrogens is 1. The molecule has 0 radical (unpaired) electrons. The van der Waals surface area contributed by atoms with Crippen LogP contribution in [-0.2, 0) is 9.53 Å². The Bertz CT molecular complexity index is 1830. The standard InChI is InChI=1S/C36H39N5O3S/c1-22(2)25-18-17-23(3)19-32(25)44-35(43)27-13-7-9-15-30(27)38-33(42)21-45-36-40-39-34(41(36)31-16-10-5-11-24(31)4)28-20-37-29-14-8-6-12-26(28)29/h5-16,20,22-23,25,32,37H,17-19,21H2,1-4H3,(H,38,42)/t23-,25-,32+/m0/s1. The number of nitrogens with one attached hydrogen (secondary N) is 2. The van der Waals surface area contributed by atoms with Crippen LogP contribution in [0.5, 0.6) is 0 Å². The molecule has 232 valence electrons. The lowest BCUT2D eigenvalue weighted by molar-refractivity contribution is -0.113. The number of aromatic amines is 1. The number of carbonyl (C=O) groups is 2. The first-order valence-corrected chi connectivity index (χ1v) is 16.6. The summed E-state index contributed by atoms with van der Waals surface area (Å²) in [5.41, 5.74) is 4.74. The smallest absolute Gasteiger partial charge is 0.340 e. The van der Waals surface area contributed by atoms with Gasteiger partial charge < -0.3 is 15.0 Å². The Morgan fingerprint density at radius 1 is 1.02 bits per heavy atom. The number of aryl methyl sites for hydroxylation is 1. The fraction of sp³-hybridized carbons (Fsp3) is 0.333. The van der Waals surface area contributed by atoms with Crippen LogP contribution in [0, 0.1) is 24.7 Å². The molecule has 0 bridgehead atoms. The van der Waals surface area contributed by atoms with E-state index >= 15 is 0 Å². The number of benzene rings is 3. The molecule has 2 heterocycles. The van der Waals surface area contributed by atoms with Gasteiger partial charge >= 0.3 is 5.97 Å². The number of hydrogen-bond donors (Lipinski definition) is 2. The lowest BCUT2D eigenvalue weighted by Gasteiger charge is -2.36. The molecule has 6 rings (SSSR count). The topological polar surface area (TPSA) is 102 Å². The van der Waals surface area contributed by atoms with Crippen molar-refractivity contribution in [3.05, 3.63) is 90.1 Å². The monoisotopic (exact) mass is 621 g/mol. The van der Waals surface area contributed by atoms with E-state index in [1.165, 1.54) is 11.8 Å². The van der Waals surface area contributed by atoms with Gasteiger partial charge in [-0.3, -0.25) is 9.36 Å². The summed E-state index contributed by atoms with van der Waals surface area (Å²) >= 11 is 1.30. The molecule has 1 aliphatic carbocycles. The minimum absolute atomic E-state index is 0.0802. The molecule has 45 heavy (non-hydrogen) atoms. The maximum Gasteiger partial charge on any atom is 0.340 e. The molecule has 2 aromatic heterocycles. The summed E-state index contributed by atoms with van der Waals surface area (Å²) in [6.07, 6.45) is 4.89. The van der Waals surface area contributed by atoms with E-state index in [4.69, 9.17) is 4.74 Å².